The van der Waals surface area contributed by atoms with Crippen molar-refractivity contribution in [3.05, 3.63) is 113 Å². The van der Waals surface area contributed by atoms with Crippen LogP contribution < -0.4 is 35.2 Å². The molecule has 0 aliphatic carbocycles. The number of para-hydroxylation sites is 1. The predicted octanol–water partition coefficient (Wildman–Crippen LogP) is 7.90. The number of carbonyl (C=O) groups is 3. The molecule has 0 saturated carbocycles. The summed E-state index contributed by atoms with van der Waals surface area (Å²) in [6, 6.07) is 15.8. The number of aryl methyl sites for hydroxylation is 1. The molecule has 1 aliphatic heterocycles. The van der Waals surface area contributed by atoms with Crippen molar-refractivity contribution in [1.82, 2.24) is 4.98 Å². The van der Waals surface area contributed by atoms with Gasteiger partial charge in [-0.25, -0.2) is 9.78 Å². The van der Waals surface area contributed by atoms with Crippen molar-refractivity contribution in [3.8, 4) is 11.5 Å². The summed E-state index contributed by atoms with van der Waals surface area (Å²) in [4.78, 5) is 46.1. The lowest BCUT2D eigenvalue weighted by Crippen LogP contribution is -2.48. The molecule has 0 saturated heterocycles. The fourth-order valence-electron chi connectivity index (χ4n) is 5.34. The van der Waals surface area contributed by atoms with E-state index in [2.05, 4.69) is 34.1 Å². The van der Waals surface area contributed by atoms with Crippen molar-refractivity contribution < 1.29 is 23.9 Å². The van der Waals surface area contributed by atoms with Gasteiger partial charge in [0.25, 0.3) is 0 Å². The van der Waals surface area contributed by atoms with Crippen molar-refractivity contribution in [3.63, 3.8) is 0 Å². The number of aromatic nitrogens is 1. The molecule has 11 nitrogen and oxygen atoms in total. The monoisotopic (exact) mass is 700 g/mol. The van der Waals surface area contributed by atoms with Crippen LogP contribution in [0.3, 0.4) is 0 Å². The smallest absolute Gasteiger partial charge is 0.329 e. The third kappa shape index (κ3) is 7.48. The van der Waals surface area contributed by atoms with Crippen LogP contribution >= 0.6 is 23.2 Å². The summed E-state index contributed by atoms with van der Waals surface area (Å²) in [5.41, 5.74) is 5.21. The third-order valence-electron chi connectivity index (χ3n) is 7.86. The van der Waals surface area contributed by atoms with Crippen LogP contribution in [0, 0.1) is 6.92 Å². The highest BCUT2D eigenvalue weighted by Crippen LogP contribution is 2.48. The number of benzene rings is 3. The van der Waals surface area contributed by atoms with Crippen molar-refractivity contribution in [2.45, 2.75) is 19.9 Å². The molecule has 5 rings (SSSR count). The van der Waals surface area contributed by atoms with Crippen molar-refractivity contribution >= 4 is 75.3 Å². The van der Waals surface area contributed by atoms with E-state index >= 15 is 0 Å². The molecular formula is C36H34Cl2N6O5. The van der Waals surface area contributed by atoms with Crippen LogP contribution in [0.5, 0.6) is 11.5 Å². The van der Waals surface area contributed by atoms with Gasteiger partial charge >= 0.3 is 6.03 Å². The number of fused-ring (bicyclic) bond motifs is 1. The van der Waals surface area contributed by atoms with Crippen molar-refractivity contribution in [1.29, 1.82) is 0 Å². The number of methoxy groups -OCH3 is 2. The van der Waals surface area contributed by atoms with E-state index in [1.807, 2.05) is 31.2 Å². The second kappa shape index (κ2) is 15.1. The van der Waals surface area contributed by atoms with E-state index in [1.165, 1.54) is 31.3 Å². The summed E-state index contributed by atoms with van der Waals surface area (Å²) in [7, 11) is 2.93. The highest BCUT2D eigenvalue weighted by molar-refractivity contribution is 6.42. The topological polar surface area (TPSA) is 125 Å². The summed E-state index contributed by atoms with van der Waals surface area (Å²) >= 11 is 13.5. The zero-order valence-electron chi connectivity index (χ0n) is 27.1. The van der Waals surface area contributed by atoms with Gasteiger partial charge in [-0.3, -0.25) is 19.4 Å². The van der Waals surface area contributed by atoms with Crippen LogP contribution in [0.4, 0.5) is 39.0 Å². The number of hydrogen-bond acceptors (Lipinski definition) is 7. The first-order valence-corrected chi connectivity index (χ1v) is 15.8. The molecule has 1 aromatic heterocycles. The van der Waals surface area contributed by atoms with E-state index in [-0.39, 0.29) is 46.7 Å². The van der Waals surface area contributed by atoms with Crippen LogP contribution in [0.25, 0.3) is 0 Å². The minimum atomic E-state index is -0.381. The number of pyridine rings is 1. The quantitative estimate of drug-likeness (QED) is 0.128. The Balaban J connectivity index is 1.54. The number of carbonyl (C=O) groups excluding carboxylic acids is 3. The zero-order chi connectivity index (χ0) is 35.2. The molecule has 0 unspecified atom stereocenters. The minimum Gasteiger partial charge on any atom is -0.495 e. The predicted molar refractivity (Wildman–Crippen MR) is 195 cm³/mol. The first-order valence-electron chi connectivity index (χ1n) is 15.1. The van der Waals surface area contributed by atoms with Gasteiger partial charge in [0.2, 0.25) is 11.8 Å². The summed E-state index contributed by atoms with van der Waals surface area (Å²) < 4.78 is 10.9. The lowest BCUT2D eigenvalue weighted by molar-refractivity contribution is -0.112. The molecule has 0 bridgehead atoms. The van der Waals surface area contributed by atoms with Gasteiger partial charge in [0.1, 0.15) is 27.4 Å². The molecule has 0 atom stereocenters. The maximum Gasteiger partial charge on any atom is 0.329 e. The number of urea groups is 1. The standard InChI is InChI=1S/C36H34Cl2N6O5/c1-6-30(45)40-24-13-11-22(12-14-24)15-16-43-26-17-29(42-34-21(3)9-8-10-25(34)41-31(46)7-2)39-19-23(26)20-44(36(43)47)35-32(37)27(48-4)18-28(49-5)33(35)38/h6-14,17-19H,1-2,15-16,20H2,3-5H3,(H,39,42)(H,40,45)(H,41,46). The largest absolute Gasteiger partial charge is 0.495 e. The van der Waals surface area contributed by atoms with Crippen LogP contribution in [-0.2, 0) is 22.6 Å². The van der Waals surface area contributed by atoms with Gasteiger partial charge < -0.3 is 25.4 Å². The molecule has 49 heavy (non-hydrogen) atoms. The summed E-state index contributed by atoms with van der Waals surface area (Å²) in [5.74, 6) is 0.374. The fraction of sp³-hybridized carbons (Fsp3) is 0.167. The molecule has 13 heteroatoms. The number of halogens is 2. The van der Waals surface area contributed by atoms with Gasteiger partial charge in [-0.2, -0.15) is 0 Å². The van der Waals surface area contributed by atoms with E-state index in [0.717, 1.165) is 16.7 Å². The Labute approximate surface area is 294 Å². The molecule has 0 radical (unpaired) electrons. The Kier molecular flexibility index (Phi) is 10.8. The van der Waals surface area contributed by atoms with E-state index < -0.39 is 0 Å². The second-order valence-corrected chi connectivity index (χ2v) is 11.7. The lowest BCUT2D eigenvalue weighted by atomic mass is 10.1. The van der Waals surface area contributed by atoms with Gasteiger partial charge in [0.05, 0.1) is 43.5 Å². The highest BCUT2D eigenvalue weighted by Gasteiger charge is 2.35. The number of amides is 4. The molecule has 3 N–H and O–H groups in total. The van der Waals surface area contributed by atoms with E-state index in [9.17, 15) is 14.4 Å². The van der Waals surface area contributed by atoms with Gasteiger partial charge in [-0.1, -0.05) is 60.6 Å². The van der Waals surface area contributed by atoms with Crippen LogP contribution in [-0.4, -0.2) is 43.6 Å². The maximum absolute atomic E-state index is 14.5. The molecule has 4 amide bonds. The Morgan fingerprint density at radius 2 is 1.61 bits per heavy atom. The number of rotatable bonds is 12. The van der Waals surface area contributed by atoms with Gasteiger partial charge in [0, 0.05) is 36.1 Å². The summed E-state index contributed by atoms with van der Waals surface area (Å²) in [5, 5.41) is 9.17. The first kappa shape index (κ1) is 34.8. The first-order chi connectivity index (χ1) is 23.6. The van der Waals surface area contributed by atoms with Gasteiger partial charge in [-0.05, 0) is 54.8 Å². The minimum absolute atomic E-state index is 0.108. The second-order valence-electron chi connectivity index (χ2n) is 10.9. The Hall–Kier alpha value is -5.52. The lowest BCUT2D eigenvalue weighted by Gasteiger charge is -2.38. The molecule has 4 aromatic rings. The zero-order valence-corrected chi connectivity index (χ0v) is 28.6. The van der Waals surface area contributed by atoms with Crippen LogP contribution in [0.1, 0.15) is 16.7 Å². The van der Waals surface area contributed by atoms with Gasteiger partial charge in [-0.15, -0.1) is 0 Å². The number of nitrogens with one attached hydrogen (secondary N) is 3. The number of ether oxygens (including phenoxy) is 2. The van der Waals surface area contributed by atoms with Crippen molar-refractivity contribution in [2.24, 2.45) is 0 Å². The Morgan fingerprint density at radius 3 is 2.24 bits per heavy atom. The Bertz CT molecular complexity index is 1920. The third-order valence-corrected chi connectivity index (χ3v) is 8.59. The number of hydrogen-bond donors (Lipinski definition) is 3. The summed E-state index contributed by atoms with van der Waals surface area (Å²) in [6.07, 6.45) is 4.55. The molecule has 252 valence electrons. The van der Waals surface area contributed by atoms with Gasteiger partial charge in [0.15, 0.2) is 0 Å². The Morgan fingerprint density at radius 1 is 0.959 bits per heavy atom. The molecule has 3 aromatic carbocycles. The van der Waals surface area contributed by atoms with Crippen LogP contribution in [0.2, 0.25) is 10.0 Å². The number of nitrogens with zero attached hydrogens (tertiary/aromatic N) is 3. The van der Waals surface area contributed by atoms with E-state index in [1.54, 1.807) is 41.4 Å². The molecule has 2 heterocycles. The van der Waals surface area contributed by atoms with E-state index in [0.29, 0.717) is 46.5 Å². The highest BCUT2D eigenvalue weighted by atomic mass is 35.5. The maximum atomic E-state index is 14.5. The average molecular weight is 702 g/mol. The molecule has 1 aliphatic rings. The van der Waals surface area contributed by atoms with E-state index in [4.69, 9.17) is 32.7 Å². The molecular weight excluding hydrogens is 667 g/mol. The normalized spacial score (nSPS) is 12.1. The summed E-state index contributed by atoms with van der Waals surface area (Å²) in [6.45, 7) is 9.30. The van der Waals surface area contributed by atoms with Crippen LogP contribution in [0.15, 0.2) is 86.1 Å². The average Bonchev–Trinajstić information content (AvgIpc) is 3.10. The molecule has 0 fully saturated rings. The SMILES string of the molecule is C=CC(=O)Nc1ccc(CCN2C(=O)N(c3c(Cl)c(OC)cc(OC)c3Cl)Cc3cnc(Nc4c(C)cccc4NC(=O)C=C)cc32)cc1. The van der Waals surface area contributed by atoms with Crippen molar-refractivity contribution in [2.75, 3.05) is 46.5 Å². The number of anilines is 6. The fourth-order valence-corrected chi connectivity index (χ4v) is 6.05. The molecule has 0 spiro atoms.